The van der Waals surface area contributed by atoms with Gasteiger partial charge in [0.25, 0.3) is 5.91 Å². The molecule has 162 valence electrons. The second-order valence-corrected chi connectivity index (χ2v) is 9.00. The topological polar surface area (TPSA) is 93.7 Å². The summed E-state index contributed by atoms with van der Waals surface area (Å²) in [5, 5.41) is 0.536. The van der Waals surface area contributed by atoms with E-state index in [-0.39, 0.29) is 11.9 Å². The van der Waals surface area contributed by atoms with Crippen molar-refractivity contribution < 1.29 is 9.53 Å². The Labute approximate surface area is 190 Å². The molecule has 1 spiro atoms. The summed E-state index contributed by atoms with van der Waals surface area (Å²) in [4.78, 5) is 28.0. The van der Waals surface area contributed by atoms with Gasteiger partial charge in [0.1, 0.15) is 11.4 Å². The van der Waals surface area contributed by atoms with Crippen LogP contribution in [0.25, 0.3) is 11.1 Å². The number of ether oxygens (including phenoxy) is 1. The maximum absolute atomic E-state index is 13.5. The van der Waals surface area contributed by atoms with E-state index in [1.807, 2.05) is 49.5 Å². The zero-order chi connectivity index (χ0) is 22.5. The zero-order valence-electron chi connectivity index (χ0n) is 17.7. The summed E-state index contributed by atoms with van der Waals surface area (Å²) in [6, 6.07) is 11.5. The second kappa shape index (κ2) is 7.31. The molecule has 0 aliphatic carbocycles. The molecule has 3 aromatic rings. The minimum atomic E-state index is -1.16. The maximum atomic E-state index is 13.5. The van der Waals surface area contributed by atoms with Crippen LogP contribution >= 0.6 is 11.6 Å². The first-order valence-electron chi connectivity index (χ1n) is 10.3. The number of rotatable bonds is 3. The molecule has 4 heterocycles. The molecule has 0 radical (unpaired) electrons. The van der Waals surface area contributed by atoms with Crippen molar-refractivity contribution in [2.45, 2.75) is 30.9 Å². The first-order chi connectivity index (χ1) is 15.3. The summed E-state index contributed by atoms with van der Waals surface area (Å²) in [6.45, 7) is 2.00. The molecular weight excluding hydrogens is 426 g/mol. The fraction of sp³-hybridized carbons (Fsp3) is 0.250. The van der Waals surface area contributed by atoms with Gasteiger partial charge in [0.2, 0.25) is 0 Å². The Morgan fingerprint density at radius 3 is 2.69 bits per heavy atom. The molecule has 2 aliphatic heterocycles. The van der Waals surface area contributed by atoms with E-state index in [0.29, 0.717) is 29.2 Å². The van der Waals surface area contributed by atoms with E-state index in [4.69, 9.17) is 27.1 Å². The predicted molar refractivity (Wildman–Crippen MR) is 122 cm³/mol. The van der Waals surface area contributed by atoms with Crippen molar-refractivity contribution in [3.05, 3.63) is 77.3 Å². The molecule has 8 heteroatoms. The van der Waals surface area contributed by atoms with Crippen molar-refractivity contribution in [1.29, 1.82) is 0 Å². The van der Waals surface area contributed by atoms with Crippen molar-refractivity contribution in [2.75, 3.05) is 7.05 Å². The van der Waals surface area contributed by atoms with Gasteiger partial charge in [0, 0.05) is 55.8 Å². The summed E-state index contributed by atoms with van der Waals surface area (Å²) in [5.74, 6) is 0.640. The molecule has 0 fully saturated rings. The van der Waals surface area contributed by atoms with Crippen LogP contribution in [0.2, 0.25) is 5.02 Å². The largest absolute Gasteiger partial charge is 0.487 e. The SMILES string of the molecule is CN1C(=O)C2(C[C@@](C)(Cc3cccnc3)Oc3ccc(-c4cncc(Cl)c4)cc32)N=C1N. The minimum absolute atomic E-state index is 0.168. The van der Waals surface area contributed by atoms with Gasteiger partial charge in [-0.2, -0.15) is 0 Å². The summed E-state index contributed by atoms with van der Waals surface area (Å²) in [7, 11) is 1.65. The van der Waals surface area contributed by atoms with Gasteiger partial charge in [-0.3, -0.25) is 19.7 Å². The highest BCUT2D eigenvalue weighted by Crippen LogP contribution is 2.50. The lowest BCUT2D eigenvalue weighted by Crippen LogP contribution is -2.51. The van der Waals surface area contributed by atoms with Crippen LogP contribution < -0.4 is 10.5 Å². The number of likely N-dealkylation sites (N-methyl/N-ethyl adjacent to an activating group) is 1. The fourth-order valence-electron chi connectivity index (χ4n) is 4.65. The molecule has 2 N–H and O–H groups in total. The monoisotopic (exact) mass is 447 g/mol. The molecule has 32 heavy (non-hydrogen) atoms. The highest BCUT2D eigenvalue weighted by atomic mass is 35.5. The number of nitrogens with two attached hydrogens (primary N) is 1. The molecule has 0 saturated heterocycles. The van der Waals surface area contributed by atoms with Gasteiger partial charge in [-0.15, -0.1) is 0 Å². The van der Waals surface area contributed by atoms with E-state index in [0.717, 1.165) is 16.7 Å². The molecule has 0 saturated carbocycles. The number of aromatic nitrogens is 2. The normalized spacial score (nSPS) is 24.3. The third-order valence-corrected chi connectivity index (χ3v) is 6.26. The van der Waals surface area contributed by atoms with Crippen LogP contribution in [-0.2, 0) is 16.8 Å². The number of amides is 1. The van der Waals surface area contributed by atoms with E-state index < -0.39 is 11.1 Å². The second-order valence-electron chi connectivity index (χ2n) is 8.56. The molecule has 2 aromatic heterocycles. The first-order valence-corrected chi connectivity index (χ1v) is 10.6. The number of halogens is 1. The van der Waals surface area contributed by atoms with E-state index in [1.54, 1.807) is 25.6 Å². The molecule has 2 atom stereocenters. The summed E-state index contributed by atoms with van der Waals surface area (Å²) in [5.41, 5.74) is 7.70. The Bertz CT molecular complexity index is 1250. The molecule has 1 aromatic carbocycles. The Morgan fingerprint density at radius 1 is 1.16 bits per heavy atom. The van der Waals surface area contributed by atoms with Crippen molar-refractivity contribution in [3.63, 3.8) is 0 Å². The summed E-state index contributed by atoms with van der Waals surface area (Å²) in [6.07, 6.45) is 7.79. The van der Waals surface area contributed by atoms with Crippen LogP contribution in [0.5, 0.6) is 5.75 Å². The van der Waals surface area contributed by atoms with Crippen molar-refractivity contribution in [2.24, 2.45) is 10.7 Å². The molecule has 0 bridgehead atoms. The number of carbonyl (C=O) groups is 1. The van der Waals surface area contributed by atoms with Gasteiger partial charge < -0.3 is 10.5 Å². The number of nitrogens with zero attached hydrogens (tertiary/aromatic N) is 4. The van der Waals surface area contributed by atoms with Gasteiger partial charge >= 0.3 is 0 Å². The first kappa shape index (κ1) is 20.5. The number of hydrogen-bond donors (Lipinski definition) is 1. The van der Waals surface area contributed by atoms with Crippen LogP contribution in [0, 0.1) is 0 Å². The average Bonchev–Trinajstić information content (AvgIpc) is 2.97. The van der Waals surface area contributed by atoms with E-state index in [9.17, 15) is 4.79 Å². The fourth-order valence-corrected chi connectivity index (χ4v) is 4.83. The smallest absolute Gasteiger partial charge is 0.261 e. The number of hydrogen-bond acceptors (Lipinski definition) is 6. The highest BCUT2D eigenvalue weighted by Gasteiger charge is 2.56. The standard InChI is InChI=1S/C24H22ClN5O2/c1-23(10-15-4-3-7-27-11-15)14-24(21(31)30(2)22(26)29-24)19-9-16(5-6-20(19)32-23)17-8-18(25)13-28-12-17/h3-9,11-13H,10,14H2,1-2H3,(H2,26,29)/t23-,24?/m1/s1. The number of guanidine groups is 1. The molecule has 1 amide bonds. The van der Waals surface area contributed by atoms with Crippen LogP contribution in [0.3, 0.4) is 0 Å². The summed E-state index contributed by atoms with van der Waals surface area (Å²) < 4.78 is 6.49. The third-order valence-electron chi connectivity index (χ3n) is 6.06. The van der Waals surface area contributed by atoms with Crippen LogP contribution in [0.4, 0.5) is 0 Å². The quantitative estimate of drug-likeness (QED) is 0.662. The van der Waals surface area contributed by atoms with Crippen molar-refractivity contribution >= 4 is 23.5 Å². The van der Waals surface area contributed by atoms with Gasteiger partial charge in [0.05, 0.1) is 5.02 Å². The molecule has 7 nitrogen and oxygen atoms in total. The van der Waals surface area contributed by atoms with E-state index in [1.165, 1.54) is 4.90 Å². The molecule has 5 rings (SSSR count). The zero-order valence-corrected chi connectivity index (χ0v) is 18.5. The maximum Gasteiger partial charge on any atom is 0.261 e. The van der Waals surface area contributed by atoms with Crippen molar-refractivity contribution in [1.82, 2.24) is 14.9 Å². The molecule has 1 unspecified atom stereocenters. The van der Waals surface area contributed by atoms with E-state index >= 15 is 0 Å². The number of carbonyl (C=O) groups excluding carboxylic acids is 1. The van der Waals surface area contributed by atoms with E-state index in [2.05, 4.69) is 9.97 Å². The highest BCUT2D eigenvalue weighted by molar-refractivity contribution is 6.30. The predicted octanol–water partition coefficient (Wildman–Crippen LogP) is 3.56. The van der Waals surface area contributed by atoms with Gasteiger partial charge in [-0.05, 0) is 42.3 Å². The lowest BCUT2D eigenvalue weighted by atomic mass is 9.74. The Morgan fingerprint density at radius 2 is 2.00 bits per heavy atom. The van der Waals surface area contributed by atoms with Crippen LogP contribution in [0.1, 0.15) is 24.5 Å². The lowest BCUT2D eigenvalue weighted by molar-refractivity contribution is -0.133. The summed E-state index contributed by atoms with van der Waals surface area (Å²) >= 11 is 6.14. The molecule has 2 aliphatic rings. The average molecular weight is 448 g/mol. The number of pyridine rings is 2. The Balaban J connectivity index is 1.65. The molecular formula is C24H22ClN5O2. The number of benzene rings is 1. The van der Waals surface area contributed by atoms with Gasteiger partial charge in [0.15, 0.2) is 11.5 Å². The third kappa shape index (κ3) is 3.29. The number of fused-ring (bicyclic) bond motifs is 2. The number of aliphatic imine (C=N–C) groups is 1. The Hall–Kier alpha value is -3.45. The van der Waals surface area contributed by atoms with Crippen molar-refractivity contribution in [3.8, 4) is 16.9 Å². The van der Waals surface area contributed by atoms with Crippen LogP contribution in [0.15, 0.2) is 66.2 Å². The van der Waals surface area contributed by atoms with Gasteiger partial charge in [-0.25, -0.2) is 4.99 Å². The van der Waals surface area contributed by atoms with Crippen LogP contribution in [-0.4, -0.2) is 39.4 Å². The van der Waals surface area contributed by atoms with Gasteiger partial charge in [-0.1, -0.05) is 23.7 Å². The minimum Gasteiger partial charge on any atom is -0.487 e. The lowest BCUT2D eigenvalue weighted by Gasteiger charge is -2.43. The Kier molecular flexibility index (Phi) is 4.67.